The summed E-state index contributed by atoms with van der Waals surface area (Å²) >= 11 is 1.78. The van der Waals surface area contributed by atoms with Crippen LogP contribution in [0.3, 0.4) is 0 Å². The van der Waals surface area contributed by atoms with Crippen LogP contribution in [-0.4, -0.2) is 46.2 Å². The molecule has 1 fully saturated rings. The number of rotatable bonds is 7. The lowest BCUT2D eigenvalue weighted by molar-refractivity contribution is 0.177. The van der Waals surface area contributed by atoms with Crippen molar-refractivity contribution in [1.29, 1.82) is 0 Å². The molecule has 0 aliphatic carbocycles. The Morgan fingerprint density at radius 3 is 3.13 bits per heavy atom. The molecule has 1 saturated heterocycles. The second-order valence-corrected chi connectivity index (χ2v) is 7.07. The largest absolute Gasteiger partial charge is 0.383 e. The van der Waals surface area contributed by atoms with Crippen molar-refractivity contribution in [3.63, 3.8) is 0 Å². The Balaban J connectivity index is 1.62. The molecule has 2 aromatic rings. The maximum atomic E-state index is 5.20. The highest BCUT2D eigenvalue weighted by molar-refractivity contribution is 7.09. The Kier molecular flexibility index (Phi) is 5.80. The van der Waals surface area contributed by atoms with E-state index in [0.29, 0.717) is 5.92 Å². The lowest BCUT2D eigenvalue weighted by Gasteiger charge is -2.32. The summed E-state index contributed by atoms with van der Waals surface area (Å²) in [5, 5.41) is 3.45. The zero-order chi connectivity index (χ0) is 16.1. The average Bonchev–Trinajstić information content (AvgIpc) is 3.22. The van der Waals surface area contributed by atoms with Crippen LogP contribution in [0.15, 0.2) is 17.8 Å². The molecule has 0 radical (unpaired) electrons. The number of methoxy groups -OCH3 is 1. The highest BCUT2D eigenvalue weighted by atomic mass is 32.1. The number of piperidine rings is 1. The van der Waals surface area contributed by atoms with Crippen LogP contribution in [0.5, 0.6) is 0 Å². The van der Waals surface area contributed by atoms with Gasteiger partial charge in [0.15, 0.2) is 0 Å². The second kappa shape index (κ2) is 8.04. The van der Waals surface area contributed by atoms with Crippen LogP contribution >= 0.6 is 11.3 Å². The molecule has 126 valence electrons. The van der Waals surface area contributed by atoms with E-state index in [2.05, 4.69) is 33.0 Å². The molecule has 3 heterocycles. The van der Waals surface area contributed by atoms with Crippen molar-refractivity contribution in [2.75, 3.05) is 26.8 Å². The SMILES string of the molecule is CCc1nc(CN2CCC[C@H](c3nccn3CCOC)C2)cs1. The van der Waals surface area contributed by atoms with Gasteiger partial charge in [0.05, 0.1) is 17.3 Å². The lowest BCUT2D eigenvalue weighted by atomic mass is 9.97. The third-order valence-electron chi connectivity index (χ3n) is 4.44. The number of aromatic nitrogens is 3. The molecule has 3 rings (SSSR count). The first-order valence-corrected chi connectivity index (χ1v) is 9.33. The van der Waals surface area contributed by atoms with Crippen molar-refractivity contribution < 1.29 is 4.74 Å². The Hall–Kier alpha value is -1.24. The van der Waals surface area contributed by atoms with Gasteiger partial charge in [-0.15, -0.1) is 11.3 Å². The summed E-state index contributed by atoms with van der Waals surface area (Å²) in [6.45, 7) is 6.98. The van der Waals surface area contributed by atoms with E-state index >= 15 is 0 Å². The standard InChI is InChI=1S/C17H26N4OS/c1-3-16-19-15(13-23-16)12-20-7-4-5-14(11-20)17-18-6-8-21(17)9-10-22-2/h6,8,13-14H,3-5,7,9-12H2,1-2H3/t14-/m0/s1. The smallest absolute Gasteiger partial charge is 0.113 e. The summed E-state index contributed by atoms with van der Waals surface area (Å²) in [7, 11) is 1.75. The van der Waals surface area contributed by atoms with Crippen LogP contribution in [0.4, 0.5) is 0 Å². The minimum atomic E-state index is 0.514. The molecular weight excluding hydrogens is 308 g/mol. The van der Waals surface area contributed by atoms with Crippen molar-refractivity contribution in [2.45, 2.75) is 45.2 Å². The van der Waals surface area contributed by atoms with E-state index in [-0.39, 0.29) is 0 Å². The Morgan fingerprint density at radius 1 is 1.43 bits per heavy atom. The third-order valence-corrected chi connectivity index (χ3v) is 5.48. The molecule has 1 aliphatic rings. The van der Waals surface area contributed by atoms with Crippen molar-refractivity contribution in [2.24, 2.45) is 0 Å². The topological polar surface area (TPSA) is 43.2 Å². The van der Waals surface area contributed by atoms with E-state index in [0.717, 1.165) is 39.2 Å². The van der Waals surface area contributed by atoms with Gasteiger partial charge in [-0.05, 0) is 25.8 Å². The molecule has 0 saturated carbocycles. The van der Waals surface area contributed by atoms with Gasteiger partial charge in [-0.25, -0.2) is 9.97 Å². The van der Waals surface area contributed by atoms with Crippen molar-refractivity contribution in [3.8, 4) is 0 Å². The highest BCUT2D eigenvalue weighted by Gasteiger charge is 2.25. The number of likely N-dealkylation sites (tertiary alicyclic amines) is 1. The molecule has 0 unspecified atom stereocenters. The fraction of sp³-hybridized carbons (Fsp3) is 0.647. The average molecular weight is 334 g/mol. The van der Waals surface area contributed by atoms with E-state index in [1.54, 1.807) is 18.4 Å². The first kappa shape index (κ1) is 16.6. The number of nitrogens with zero attached hydrogens (tertiary/aromatic N) is 4. The highest BCUT2D eigenvalue weighted by Crippen LogP contribution is 2.27. The van der Waals surface area contributed by atoms with Crippen LogP contribution < -0.4 is 0 Å². The summed E-state index contributed by atoms with van der Waals surface area (Å²) in [4.78, 5) is 11.9. The van der Waals surface area contributed by atoms with E-state index in [1.807, 2.05) is 6.20 Å². The molecule has 0 bridgehead atoms. The summed E-state index contributed by atoms with van der Waals surface area (Å²) in [6.07, 6.45) is 7.47. The Morgan fingerprint density at radius 2 is 2.35 bits per heavy atom. The zero-order valence-corrected chi connectivity index (χ0v) is 14.9. The summed E-state index contributed by atoms with van der Waals surface area (Å²) < 4.78 is 7.45. The van der Waals surface area contributed by atoms with E-state index in [9.17, 15) is 0 Å². The first-order valence-electron chi connectivity index (χ1n) is 8.45. The first-order chi connectivity index (χ1) is 11.3. The normalized spacial score (nSPS) is 19.3. The molecule has 2 aromatic heterocycles. The molecule has 6 heteroatoms. The monoisotopic (exact) mass is 334 g/mol. The Bertz CT molecular complexity index is 609. The molecule has 1 aliphatic heterocycles. The van der Waals surface area contributed by atoms with Crippen LogP contribution in [0.1, 0.15) is 42.2 Å². The molecule has 23 heavy (non-hydrogen) atoms. The number of hydrogen-bond donors (Lipinski definition) is 0. The zero-order valence-electron chi connectivity index (χ0n) is 14.1. The van der Waals surface area contributed by atoms with Gasteiger partial charge in [0.1, 0.15) is 5.82 Å². The molecule has 1 atom stereocenters. The van der Waals surface area contributed by atoms with Gasteiger partial charge in [-0.2, -0.15) is 0 Å². The number of aryl methyl sites for hydroxylation is 1. The van der Waals surface area contributed by atoms with Gasteiger partial charge in [0.25, 0.3) is 0 Å². The molecular formula is C17H26N4OS. The van der Waals surface area contributed by atoms with Crippen LogP contribution in [0, 0.1) is 0 Å². The second-order valence-electron chi connectivity index (χ2n) is 6.13. The fourth-order valence-electron chi connectivity index (χ4n) is 3.28. The molecule has 0 aromatic carbocycles. The van der Waals surface area contributed by atoms with Crippen LogP contribution in [0.2, 0.25) is 0 Å². The van der Waals surface area contributed by atoms with Gasteiger partial charge in [0.2, 0.25) is 0 Å². The molecule has 0 amide bonds. The quantitative estimate of drug-likeness (QED) is 0.781. The lowest BCUT2D eigenvalue weighted by Crippen LogP contribution is -2.35. The Labute approximate surface area is 142 Å². The number of ether oxygens (including phenoxy) is 1. The van der Waals surface area contributed by atoms with Crippen molar-refractivity contribution in [1.82, 2.24) is 19.4 Å². The van der Waals surface area contributed by atoms with E-state index in [4.69, 9.17) is 9.72 Å². The minimum absolute atomic E-state index is 0.514. The van der Waals surface area contributed by atoms with E-state index < -0.39 is 0 Å². The van der Waals surface area contributed by atoms with Gasteiger partial charge < -0.3 is 9.30 Å². The maximum Gasteiger partial charge on any atom is 0.113 e. The van der Waals surface area contributed by atoms with Crippen molar-refractivity contribution in [3.05, 3.63) is 34.3 Å². The maximum absolute atomic E-state index is 5.20. The number of thiazole rings is 1. The summed E-state index contributed by atoms with van der Waals surface area (Å²) in [5.74, 6) is 1.72. The van der Waals surface area contributed by atoms with E-state index in [1.165, 1.54) is 29.4 Å². The van der Waals surface area contributed by atoms with Crippen LogP contribution in [0.25, 0.3) is 0 Å². The number of hydrogen-bond acceptors (Lipinski definition) is 5. The molecule has 5 nitrogen and oxygen atoms in total. The van der Waals surface area contributed by atoms with Crippen molar-refractivity contribution >= 4 is 11.3 Å². The minimum Gasteiger partial charge on any atom is -0.383 e. The van der Waals surface area contributed by atoms with Gasteiger partial charge >= 0.3 is 0 Å². The predicted molar refractivity (Wildman–Crippen MR) is 92.8 cm³/mol. The molecule has 0 N–H and O–H groups in total. The van der Waals surface area contributed by atoms with Gasteiger partial charge in [-0.1, -0.05) is 6.92 Å². The summed E-state index contributed by atoms with van der Waals surface area (Å²) in [6, 6.07) is 0. The molecule has 0 spiro atoms. The summed E-state index contributed by atoms with van der Waals surface area (Å²) in [5.41, 5.74) is 1.22. The van der Waals surface area contributed by atoms with Gasteiger partial charge in [0, 0.05) is 50.4 Å². The van der Waals surface area contributed by atoms with Crippen LogP contribution in [-0.2, 0) is 24.2 Å². The third kappa shape index (κ3) is 4.19. The van der Waals surface area contributed by atoms with Gasteiger partial charge in [-0.3, -0.25) is 4.90 Å². The predicted octanol–water partition coefficient (Wildman–Crippen LogP) is 2.93. The fourth-order valence-corrected chi connectivity index (χ4v) is 4.02. The number of imidazole rings is 1.